The number of Topliss-reactive ketones (excluding diaryl/α,β-unsaturated/α-hetero) is 3. The maximum Gasteiger partial charge on any atom is 0.160 e. The highest BCUT2D eigenvalue weighted by atomic mass is 16.5. The Hall–Kier alpha value is -2.95. The van der Waals surface area contributed by atoms with Gasteiger partial charge in [0.25, 0.3) is 0 Å². The maximum atomic E-state index is 11.2. The third-order valence-electron chi connectivity index (χ3n) is 3.44. The van der Waals surface area contributed by atoms with Gasteiger partial charge in [0.15, 0.2) is 28.8 Å². The molecular formula is C20H22O5. The highest BCUT2D eigenvalue weighted by molar-refractivity contribution is 6.04. The van der Waals surface area contributed by atoms with E-state index in [-0.39, 0.29) is 17.3 Å². The molecule has 2 rings (SSSR count). The monoisotopic (exact) mass is 342 g/mol. The Morgan fingerprint density at radius 2 is 0.920 bits per heavy atom. The lowest BCUT2D eigenvalue weighted by atomic mass is 10.00. The number of benzene rings is 2. The summed E-state index contributed by atoms with van der Waals surface area (Å²) in [7, 11) is 3.25. The van der Waals surface area contributed by atoms with E-state index in [0.717, 1.165) is 11.5 Å². The average molecular weight is 342 g/mol. The van der Waals surface area contributed by atoms with Gasteiger partial charge in [0, 0.05) is 16.7 Å². The van der Waals surface area contributed by atoms with Crippen LogP contribution in [0.5, 0.6) is 11.5 Å². The van der Waals surface area contributed by atoms with Crippen LogP contribution in [0.4, 0.5) is 0 Å². The van der Waals surface area contributed by atoms with Gasteiger partial charge in [-0.1, -0.05) is 12.1 Å². The second-order valence-corrected chi connectivity index (χ2v) is 5.32. The first-order valence-corrected chi connectivity index (χ1v) is 7.65. The normalized spacial score (nSPS) is 9.48. The summed E-state index contributed by atoms with van der Waals surface area (Å²) in [6.07, 6.45) is 0. The molecular weight excluding hydrogens is 320 g/mol. The van der Waals surface area contributed by atoms with Crippen molar-refractivity contribution in [1.29, 1.82) is 0 Å². The SMILES string of the molecule is CC(=O)c1cc(C(C)=O)cc(C(C)=O)c1.COc1ccccc1OC. The van der Waals surface area contributed by atoms with Crippen molar-refractivity contribution in [2.75, 3.05) is 14.2 Å². The molecule has 0 N–H and O–H groups in total. The van der Waals surface area contributed by atoms with Crippen LogP contribution in [0.1, 0.15) is 51.8 Å². The molecule has 0 saturated carbocycles. The molecule has 0 aromatic heterocycles. The van der Waals surface area contributed by atoms with E-state index in [1.54, 1.807) is 14.2 Å². The molecule has 25 heavy (non-hydrogen) atoms. The van der Waals surface area contributed by atoms with E-state index < -0.39 is 0 Å². The Morgan fingerprint density at radius 3 is 1.12 bits per heavy atom. The lowest BCUT2D eigenvalue weighted by Crippen LogP contribution is -2.03. The van der Waals surface area contributed by atoms with Crippen LogP contribution in [0.25, 0.3) is 0 Å². The molecule has 0 saturated heterocycles. The summed E-state index contributed by atoms with van der Waals surface area (Å²) >= 11 is 0. The quantitative estimate of drug-likeness (QED) is 0.768. The Labute approximate surface area is 147 Å². The first kappa shape index (κ1) is 20.1. The zero-order chi connectivity index (χ0) is 19.0. The molecule has 5 heteroatoms. The highest BCUT2D eigenvalue weighted by Crippen LogP contribution is 2.24. The molecule has 132 valence electrons. The van der Waals surface area contributed by atoms with Gasteiger partial charge >= 0.3 is 0 Å². The summed E-state index contributed by atoms with van der Waals surface area (Å²) in [5.74, 6) is 1.08. The number of para-hydroxylation sites is 2. The summed E-state index contributed by atoms with van der Waals surface area (Å²) in [5.41, 5.74) is 1.19. The summed E-state index contributed by atoms with van der Waals surface area (Å²) in [5, 5.41) is 0. The Bertz CT molecular complexity index is 675. The maximum absolute atomic E-state index is 11.2. The number of carbonyl (C=O) groups excluding carboxylic acids is 3. The summed E-state index contributed by atoms with van der Waals surface area (Å²) in [4.78, 5) is 33.5. The minimum atomic E-state index is -0.152. The molecule has 0 heterocycles. The van der Waals surface area contributed by atoms with Crippen molar-refractivity contribution < 1.29 is 23.9 Å². The van der Waals surface area contributed by atoms with Gasteiger partial charge in [-0.3, -0.25) is 14.4 Å². The number of hydrogen-bond donors (Lipinski definition) is 0. The van der Waals surface area contributed by atoms with Crippen LogP contribution < -0.4 is 9.47 Å². The van der Waals surface area contributed by atoms with Crippen molar-refractivity contribution in [3.8, 4) is 11.5 Å². The van der Waals surface area contributed by atoms with E-state index in [1.807, 2.05) is 24.3 Å². The lowest BCUT2D eigenvalue weighted by molar-refractivity contribution is 0.101. The van der Waals surface area contributed by atoms with E-state index >= 15 is 0 Å². The molecule has 0 aliphatic heterocycles. The first-order valence-electron chi connectivity index (χ1n) is 7.65. The van der Waals surface area contributed by atoms with Crippen molar-refractivity contribution in [3.63, 3.8) is 0 Å². The highest BCUT2D eigenvalue weighted by Gasteiger charge is 2.09. The van der Waals surface area contributed by atoms with Gasteiger partial charge in [-0.25, -0.2) is 0 Å². The smallest absolute Gasteiger partial charge is 0.160 e. The van der Waals surface area contributed by atoms with Crippen LogP contribution in [-0.4, -0.2) is 31.6 Å². The number of methoxy groups -OCH3 is 2. The number of rotatable bonds is 5. The number of ketones is 3. The second kappa shape index (κ2) is 9.37. The molecule has 0 spiro atoms. The van der Waals surface area contributed by atoms with Crippen molar-refractivity contribution in [2.24, 2.45) is 0 Å². The Balaban J connectivity index is 0.000000271. The minimum absolute atomic E-state index is 0.152. The van der Waals surface area contributed by atoms with Crippen molar-refractivity contribution in [2.45, 2.75) is 20.8 Å². The summed E-state index contributed by atoms with van der Waals surface area (Å²) in [6, 6.07) is 12.1. The van der Waals surface area contributed by atoms with Gasteiger partial charge in [0.05, 0.1) is 14.2 Å². The summed E-state index contributed by atoms with van der Waals surface area (Å²) < 4.78 is 10.0. The van der Waals surface area contributed by atoms with Crippen molar-refractivity contribution >= 4 is 17.3 Å². The Kier molecular flexibility index (Phi) is 7.53. The van der Waals surface area contributed by atoms with Crippen LogP contribution in [0.2, 0.25) is 0 Å². The fourth-order valence-corrected chi connectivity index (χ4v) is 2.02. The molecule has 2 aromatic rings. The molecule has 0 atom stereocenters. The van der Waals surface area contributed by atoms with Gasteiger partial charge in [-0.15, -0.1) is 0 Å². The predicted octanol–water partition coefficient (Wildman–Crippen LogP) is 4.00. The molecule has 0 bridgehead atoms. The topological polar surface area (TPSA) is 69.7 Å². The minimum Gasteiger partial charge on any atom is -0.493 e. The van der Waals surface area contributed by atoms with Crippen molar-refractivity contribution in [3.05, 3.63) is 59.2 Å². The zero-order valence-corrected chi connectivity index (χ0v) is 15.1. The molecule has 0 radical (unpaired) electrons. The number of ether oxygens (including phenoxy) is 2. The van der Waals surface area contributed by atoms with E-state index in [1.165, 1.54) is 39.0 Å². The molecule has 0 fully saturated rings. The van der Waals surface area contributed by atoms with Crippen LogP contribution in [0.15, 0.2) is 42.5 Å². The molecule has 0 aliphatic carbocycles. The fourth-order valence-electron chi connectivity index (χ4n) is 2.02. The van der Waals surface area contributed by atoms with Gasteiger partial charge < -0.3 is 9.47 Å². The number of carbonyl (C=O) groups is 3. The predicted molar refractivity (Wildman–Crippen MR) is 96.0 cm³/mol. The van der Waals surface area contributed by atoms with Crippen LogP contribution in [0.3, 0.4) is 0 Å². The van der Waals surface area contributed by atoms with Gasteiger partial charge in [-0.05, 0) is 51.1 Å². The van der Waals surface area contributed by atoms with Crippen LogP contribution in [0, 0.1) is 0 Å². The fraction of sp³-hybridized carbons (Fsp3) is 0.250. The molecule has 0 aliphatic rings. The van der Waals surface area contributed by atoms with Crippen LogP contribution >= 0.6 is 0 Å². The largest absolute Gasteiger partial charge is 0.493 e. The first-order chi connectivity index (χ1) is 11.8. The van der Waals surface area contributed by atoms with Gasteiger partial charge in [0.2, 0.25) is 0 Å². The molecule has 0 amide bonds. The third-order valence-corrected chi connectivity index (χ3v) is 3.44. The zero-order valence-electron chi connectivity index (χ0n) is 15.1. The molecule has 0 unspecified atom stereocenters. The molecule has 5 nitrogen and oxygen atoms in total. The standard InChI is InChI=1S/C12H12O3.C8H10O2/c1-7(13)10-4-11(8(2)14)6-12(5-10)9(3)15;1-9-7-5-3-4-6-8(7)10-2/h4-6H,1-3H3;3-6H,1-2H3. The summed E-state index contributed by atoms with van der Waals surface area (Å²) in [6.45, 7) is 4.22. The van der Waals surface area contributed by atoms with Crippen molar-refractivity contribution in [1.82, 2.24) is 0 Å². The lowest BCUT2D eigenvalue weighted by Gasteiger charge is -2.04. The van der Waals surface area contributed by atoms with E-state index in [4.69, 9.17) is 9.47 Å². The van der Waals surface area contributed by atoms with Gasteiger partial charge in [-0.2, -0.15) is 0 Å². The van der Waals surface area contributed by atoms with E-state index in [2.05, 4.69) is 0 Å². The average Bonchev–Trinajstić information content (AvgIpc) is 2.61. The number of hydrogen-bond acceptors (Lipinski definition) is 5. The van der Waals surface area contributed by atoms with E-state index in [9.17, 15) is 14.4 Å². The second-order valence-electron chi connectivity index (χ2n) is 5.32. The Morgan fingerprint density at radius 1 is 0.640 bits per heavy atom. The molecule has 2 aromatic carbocycles. The van der Waals surface area contributed by atoms with Crippen LogP contribution in [-0.2, 0) is 0 Å². The third kappa shape index (κ3) is 5.88. The van der Waals surface area contributed by atoms with E-state index in [0.29, 0.717) is 16.7 Å². The van der Waals surface area contributed by atoms with Gasteiger partial charge in [0.1, 0.15) is 0 Å².